The lowest BCUT2D eigenvalue weighted by atomic mass is 10.1. The number of nitriles is 1. The van der Waals surface area contributed by atoms with Gasteiger partial charge in [-0.15, -0.1) is 0 Å². The highest BCUT2D eigenvalue weighted by Crippen LogP contribution is 2.23. The molecule has 0 bridgehead atoms. The Hall–Kier alpha value is -2.93. The van der Waals surface area contributed by atoms with E-state index in [9.17, 15) is 14.4 Å². The number of amides is 2. The van der Waals surface area contributed by atoms with E-state index in [2.05, 4.69) is 28.3 Å². The highest BCUT2D eigenvalue weighted by molar-refractivity contribution is 5.82. The highest BCUT2D eigenvalue weighted by atomic mass is 16.5. The van der Waals surface area contributed by atoms with E-state index in [1.54, 1.807) is 11.6 Å². The monoisotopic (exact) mass is 474 g/mol. The van der Waals surface area contributed by atoms with Gasteiger partial charge in [-0.2, -0.15) is 10.4 Å². The summed E-state index contributed by atoms with van der Waals surface area (Å²) in [4.78, 5) is 41.5. The van der Waals surface area contributed by atoms with Crippen molar-refractivity contribution in [3.8, 4) is 6.07 Å². The Labute approximate surface area is 202 Å². The number of aryl methyl sites for hydroxylation is 1. The van der Waals surface area contributed by atoms with Crippen molar-refractivity contribution in [2.24, 2.45) is 13.0 Å². The molecule has 2 rings (SSSR count). The second-order valence-electron chi connectivity index (χ2n) is 8.82. The molecule has 2 amide bonds. The van der Waals surface area contributed by atoms with E-state index < -0.39 is 6.04 Å². The number of hydrogen-bond acceptors (Lipinski definition) is 7. The summed E-state index contributed by atoms with van der Waals surface area (Å²) in [5.74, 6) is -0.138. The molecule has 1 saturated heterocycles. The van der Waals surface area contributed by atoms with Gasteiger partial charge >= 0.3 is 5.97 Å². The van der Waals surface area contributed by atoms with Crippen molar-refractivity contribution in [2.75, 3.05) is 39.3 Å². The summed E-state index contributed by atoms with van der Waals surface area (Å²) in [6.07, 6.45) is 4.94. The maximum absolute atomic E-state index is 13.2. The van der Waals surface area contributed by atoms with Crippen LogP contribution < -0.4 is 5.32 Å². The van der Waals surface area contributed by atoms with Crippen molar-refractivity contribution >= 4 is 17.8 Å². The van der Waals surface area contributed by atoms with Crippen LogP contribution >= 0.6 is 0 Å². The Morgan fingerprint density at radius 2 is 2.03 bits per heavy atom. The summed E-state index contributed by atoms with van der Waals surface area (Å²) in [6.45, 7) is 6.98. The number of carbonyl (C=O) groups excluding carboxylic acids is 3. The summed E-state index contributed by atoms with van der Waals surface area (Å²) >= 11 is 0. The second kappa shape index (κ2) is 14.4. The van der Waals surface area contributed by atoms with E-state index in [-0.39, 0.29) is 30.1 Å². The summed E-state index contributed by atoms with van der Waals surface area (Å²) in [5.41, 5.74) is 0.661. The van der Waals surface area contributed by atoms with Crippen LogP contribution in [0.5, 0.6) is 0 Å². The smallest absolute Gasteiger partial charge is 0.305 e. The third-order valence-electron chi connectivity index (χ3n) is 5.81. The normalized spacial score (nSPS) is 17.5. The SMILES string of the molecule is CCOC(=O)CCCNC(=O)C(c1ccn(C)n1)N1CCN(C(=O)CCCCC#N)CC(C)C1. The zero-order valence-corrected chi connectivity index (χ0v) is 20.7. The average Bonchev–Trinajstić information content (AvgIpc) is 3.12. The number of unbranched alkanes of at least 4 members (excludes halogenated alkanes) is 2. The molecular formula is C24H38N6O4. The molecular weight excluding hydrogens is 436 g/mol. The van der Waals surface area contributed by atoms with Crippen molar-refractivity contribution in [3.63, 3.8) is 0 Å². The molecule has 1 aromatic rings. The summed E-state index contributed by atoms with van der Waals surface area (Å²) in [5, 5.41) is 16.1. The molecule has 1 aromatic heterocycles. The third-order valence-corrected chi connectivity index (χ3v) is 5.81. The highest BCUT2D eigenvalue weighted by Gasteiger charge is 2.33. The fourth-order valence-corrected chi connectivity index (χ4v) is 4.21. The van der Waals surface area contributed by atoms with Crippen LogP contribution in [0.3, 0.4) is 0 Å². The fourth-order valence-electron chi connectivity index (χ4n) is 4.21. The number of rotatable bonds is 12. The van der Waals surface area contributed by atoms with E-state index in [4.69, 9.17) is 10.00 Å². The van der Waals surface area contributed by atoms with Crippen molar-refractivity contribution in [2.45, 2.75) is 58.4 Å². The Morgan fingerprint density at radius 3 is 2.71 bits per heavy atom. The van der Waals surface area contributed by atoms with Gasteiger partial charge in [0.1, 0.15) is 6.04 Å². The van der Waals surface area contributed by atoms with E-state index in [0.717, 1.165) is 6.42 Å². The third kappa shape index (κ3) is 8.78. The van der Waals surface area contributed by atoms with Crippen LogP contribution in [-0.2, 0) is 26.2 Å². The van der Waals surface area contributed by atoms with Gasteiger partial charge in [-0.05, 0) is 38.2 Å². The number of ether oxygens (including phenoxy) is 1. The second-order valence-corrected chi connectivity index (χ2v) is 8.82. The maximum Gasteiger partial charge on any atom is 0.305 e. The Kier molecular flexibility index (Phi) is 11.5. The van der Waals surface area contributed by atoms with Crippen molar-refractivity contribution in [1.29, 1.82) is 5.26 Å². The molecule has 2 heterocycles. The van der Waals surface area contributed by atoms with Crippen LogP contribution in [0.2, 0.25) is 0 Å². The first kappa shape index (κ1) is 27.3. The Bertz CT molecular complexity index is 849. The molecule has 10 nitrogen and oxygen atoms in total. The van der Waals surface area contributed by atoms with Crippen molar-refractivity contribution in [3.05, 3.63) is 18.0 Å². The van der Waals surface area contributed by atoms with Crippen LogP contribution in [0.1, 0.15) is 64.1 Å². The van der Waals surface area contributed by atoms with E-state index in [1.807, 2.05) is 24.2 Å². The first-order valence-corrected chi connectivity index (χ1v) is 12.2. The molecule has 188 valence electrons. The van der Waals surface area contributed by atoms with Gasteiger partial charge < -0.3 is 15.0 Å². The molecule has 1 N–H and O–H groups in total. The van der Waals surface area contributed by atoms with Gasteiger partial charge in [-0.25, -0.2) is 0 Å². The molecule has 0 radical (unpaired) electrons. The molecule has 0 aliphatic carbocycles. The van der Waals surface area contributed by atoms with Gasteiger partial charge in [0.05, 0.1) is 18.4 Å². The molecule has 0 spiro atoms. The number of nitrogens with one attached hydrogen (secondary N) is 1. The number of hydrogen-bond donors (Lipinski definition) is 1. The van der Waals surface area contributed by atoms with Crippen LogP contribution in [0, 0.1) is 17.2 Å². The predicted octanol–water partition coefficient (Wildman–Crippen LogP) is 1.78. The van der Waals surface area contributed by atoms with Gasteiger partial charge in [-0.3, -0.25) is 24.0 Å². The van der Waals surface area contributed by atoms with E-state index >= 15 is 0 Å². The molecule has 1 fully saturated rings. The topological polar surface area (TPSA) is 121 Å². The first-order valence-electron chi connectivity index (χ1n) is 12.2. The summed E-state index contributed by atoms with van der Waals surface area (Å²) in [7, 11) is 1.82. The Morgan fingerprint density at radius 1 is 1.24 bits per heavy atom. The minimum atomic E-state index is -0.572. The van der Waals surface area contributed by atoms with Gasteiger partial charge in [-0.1, -0.05) is 6.92 Å². The van der Waals surface area contributed by atoms with Crippen LogP contribution in [0.15, 0.2) is 12.3 Å². The van der Waals surface area contributed by atoms with Crippen molar-refractivity contribution in [1.82, 2.24) is 24.9 Å². The minimum Gasteiger partial charge on any atom is -0.466 e. The molecule has 1 aliphatic rings. The fraction of sp³-hybridized carbons (Fsp3) is 0.708. The number of carbonyl (C=O) groups is 3. The van der Waals surface area contributed by atoms with Gasteiger partial charge in [0.15, 0.2) is 0 Å². The summed E-state index contributed by atoms with van der Waals surface area (Å²) in [6, 6.07) is 3.38. The molecule has 0 aromatic carbocycles. The van der Waals surface area contributed by atoms with Crippen LogP contribution in [0.25, 0.3) is 0 Å². The average molecular weight is 475 g/mol. The lowest BCUT2D eigenvalue weighted by Gasteiger charge is -2.29. The maximum atomic E-state index is 13.2. The van der Waals surface area contributed by atoms with Gasteiger partial charge in [0.25, 0.3) is 0 Å². The standard InChI is InChI=1S/C24H38N6O4/c1-4-34-22(32)10-8-13-26-24(33)23(20-11-14-28(3)27-20)30-16-15-29(17-19(2)18-30)21(31)9-6-5-7-12-25/h11,14,19,23H,4-10,13,15-18H2,1-3H3,(H,26,33). The lowest BCUT2D eigenvalue weighted by Crippen LogP contribution is -2.43. The largest absolute Gasteiger partial charge is 0.466 e. The zero-order valence-electron chi connectivity index (χ0n) is 20.7. The van der Waals surface area contributed by atoms with Crippen LogP contribution in [-0.4, -0.2) is 76.7 Å². The minimum absolute atomic E-state index is 0.101. The summed E-state index contributed by atoms with van der Waals surface area (Å²) < 4.78 is 6.61. The van der Waals surface area contributed by atoms with Gasteiger partial charge in [0, 0.05) is 65.2 Å². The van der Waals surface area contributed by atoms with E-state index in [0.29, 0.717) is 70.7 Å². The van der Waals surface area contributed by atoms with E-state index in [1.165, 1.54) is 0 Å². The Balaban J connectivity index is 2.02. The number of esters is 1. The molecule has 1 aliphatic heterocycles. The quantitative estimate of drug-likeness (QED) is 0.362. The number of nitrogens with zero attached hydrogens (tertiary/aromatic N) is 5. The molecule has 0 saturated carbocycles. The van der Waals surface area contributed by atoms with Crippen molar-refractivity contribution < 1.29 is 19.1 Å². The zero-order chi connectivity index (χ0) is 24.9. The van der Waals surface area contributed by atoms with Crippen LogP contribution in [0.4, 0.5) is 0 Å². The first-order chi connectivity index (χ1) is 16.3. The number of aromatic nitrogens is 2. The molecule has 2 unspecified atom stereocenters. The predicted molar refractivity (Wildman–Crippen MR) is 126 cm³/mol. The lowest BCUT2D eigenvalue weighted by molar-refractivity contribution is -0.143. The molecule has 10 heteroatoms. The molecule has 34 heavy (non-hydrogen) atoms. The molecule has 2 atom stereocenters. The van der Waals surface area contributed by atoms with Gasteiger partial charge in [0.2, 0.25) is 11.8 Å².